The normalized spacial score (nSPS) is 16.5. The van der Waals surface area contributed by atoms with Crippen LogP contribution in [0.5, 0.6) is 0 Å². The first-order chi connectivity index (χ1) is 19.9. The lowest BCUT2D eigenvalue weighted by atomic mass is 9.96. The van der Waals surface area contributed by atoms with Crippen LogP contribution in [0.15, 0.2) is 85.1 Å². The van der Waals surface area contributed by atoms with Gasteiger partial charge >= 0.3 is 0 Å². The van der Waals surface area contributed by atoms with Gasteiger partial charge in [-0.1, -0.05) is 24.3 Å². The van der Waals surface area contributed by atoms with Crippen molar-refractivity contribution in [2.45, 2.75) is 46.2 Å². The Kier molecular flexibility index (Phi) is 8.69. The molecule has 1 amide bonds. The first-order valence-corrected chi connectivity index (χ1v) is 14.7. The minimum Gasteiger partial charge on any atom is -0.372 e. The molecule has 3 heterocycles. The number of hydrogen-bond donors (Lipinski definition) is 2. The number of amides is 1. The van der Waals surface area contributed by atoms with Crippen LogP contribution in [0, 0.1) is 13.8 Å². The van der Waals surface area contributed by atoms with E-state index in [0.29, 0.717) is 18.1 Å². The SMILES string of the molecule is CCN(CC)c1ccc(-n2c(C)cc([C@@H]3[C@@H](c4ccccn4)NC(=S)N3CCC(=O)Nc3ccccc3)c2C)cc1. The third kappa shape index (κ3) is 5.98. The molecule has 1 fully saturated rings. The monoisotopic (exact) mass is 566 g/mol. The number of carbonyl (C=O) groups is 1. The van der Waals surface area contributed by atoms with Gasteiger partial charge in [-0.2, -0.15) is 0 Å². The average molecular weight is 567 g/mol. The Labute approximate surface area is 248 Å². The number of anilines is 2. The first-order valence-electron chi connectivity index (χ1n) is 14.3. The highest BCUT2D eigenvalue weighted by Crippen LogP contribution is 2.41. The van der Waals surface area contributed by atoms with Gasteiger partial charge in [-0.15, -0.1) is 0 Å². The van der Waals surface area contributed by atoms with Crippen LogP contribution in [0.3, 0.4) is 0 Å². The number of pyridine rings is 1. The van der Waals surface area contributed by atoms with E-state index in [9.17, 15) is 4.79 Å². The third-order valence-electron chi connectivity index (χ3n) is 7.86. The standard InChI is InChI=1S/C33H38N6OS/c1-5-37(6-2)26-15-17-27(18-16-26)39-23(3)22-28(24(39)4)32-31(29-14-10-11-20-34-29)36-33(41)38(32)21-19-30(40)35-25-12-8-7-9-13-25/h7-18,20,22,31-32H,5-6,19,21H2,1-4H3,(H,35,40)(H,36,41)/t31-,32-/m1/s1. The summed E-state index contributed by atoms with van der Waals surface area (Å²) in [4.78, 5) is 22.0. The molecule has 0 unspecified atom stereocenters. The lowest BCUT2D eigenvalue weighted by molar-refractivity contribution is -0.116. The van der Waals surface area contributed by atoms with Crippen molar-refractivity contribution in [2.24, 2.45) is 0 Å². The third-order valence-corrected chi connectivity index (χ3v) is 8.21. The van der Waals surface area contributed by atoms with Crippen LogP contribution >= 0.6 is 12.2 Å². The molecule has 2 aromatic heterocycles. The van der Waals surface area contributed by atoms with Gasteiger partial charge in [0.1, 0.15) is 0 Å². The average Bonchev–Trinajstić information content (AvgIpc) is 3.48. The van der Waals surface area contributed by atoms with E-state index in [1.54, 1.807) is 0 Å². The van der Waals surface area contributed by atoms with Crippen molar-refractivity contribution in [3.05, 3.63) is 108 Å². The molecule has 1 aliphatic rings. The van der Waals surface area contributed by atoms with E-state index in [-0.39, 0.29) is 18.0 Å². The second-order valence-electron chi connectivity index (χ2n) is 10.3. The molecule has 7 nitrogen and oxygen atoms in total. The number of aromatic nitrogens is 2. The number of rotatable bonds is 10. The van der Waals surface area contributed by atoms with Gasteiger partial charge in [0.05, 0.1) is 17.8 Å². The van der Waals surface area contributed by atoms with Gasteiger partial charge in [-0.05, 0) is 100 Å². The van der Waals surface area contributed by atoms with Crippen molar-refractivity contribution in [3.63, 3.8) is 0 Å². The zero-order valence-electron chi connectivity index (χ0n) is 24.2. The lowest BCUT2D eigenvalue weighted by Gasteiger charge is -2.28. The maximum atomic E-state index is 12.9. The molecule has 1 saturated heterocycles. The fourth-order valence-electron chi connectivity index (χ4n) is 5.84. The van der Waals surface area contributed by atoms with Gasteiger partial charge in [0.15, 0.2) is 5.11 Å². The maximum Gasteiger partial charge on any atom is 0.226 e. The first kappa shape index (κ1) is 28.4. The summed E-state index contributed by atoms with van der Waals surface area (Å²) in [6.07, 6.45) is 2.13. The minimum absolute atomic E-state index is 0.0437. The Morgan fingerprint density at radius 3 is 2.37 bits per heavy atom. The molecule has 2 N–H and O–H groups in total. The Morgan fingerprint density at radius 2 is 1.71 bits per heavy atom. The summed E-state index contributed by atoms with van der Waals surface area (Å²) >= 11 is 5.86. The van der Waals surface area contributed by atoms with E-state index in [1.165, 1.54) is 11.3 Å². The zero-order valence-corrected chi connectivity index (χ0v) is 25.0. The molecule has 5 rings (SSSR count). The number of hydrogen-bond acceptors (Lipinski definition) is 4. The molecule has 0 saturated carbocycles. The van der Waals surface area contributed by atoms with Gasteiger partial charge in [0.25, 0.3) is 0 Å². The molecular formula is C33H38N6OS. The van der Waals surface area contributed by atoms with Gasteiger partial charge in [-0.3, -0.25) is 9.78 Å². The Balaban J connectivity index is 1.46. The summed E-state index contributed by atoms with van der Waals surface area (Å²) in [6.45, 7) is 11.1. The molecular weight excluding hydrogens is 528 g/mol. The van der Waals surface area contributed by atoms with E-state index < -0.39 is 0 Å². The number of nitrogens with one attached hydrogen (secondary N) is 2. The van der Waals surface area contributed by atoms with Crippen molar-refractivity contribution in [1.82, 2.24) is 19.8 Å². The summed E-state index contributed by atoms with van der Waals surface area (Å²) in [5.74, 6) is -0.0437. The molecule has 0 spiro atoms. The lowest BCUT2D eigenvalue weighted by Crippen LogP contribution is -2.32. The number of nitrogens with zero attached hydrogens (tertiary/aromatic N) is 4. The second-order valence-corrected chi connectivity index (χ2v) is 10.7. The Hall–Kier alpha value is -4.17. The largest absolute Gasteiger partial charge is 0.372 e. The Morgan fingerprint density at radius 1 is 1.00 bits per heavy atom. The quantitative estimate of drug-likeness (QED) is 0.219. The topological polar surface area (TPSA) is 65.4 Å². The van der Waals surface area contributed by atoms with Gasteiger partial charge in [0, 0.05) is 60.7 Å². The van der Waals surface area contributed by atoms with Crippen LogP contribution in [0.2, 0.25) is 0 Å². The van der Waals surface area contributed by atoms with Crippen LogP contribution < -0.4 is 15.5 Å². The summed E-state index contributed by atoms with van der Waals surface area (Å²) in [5.41, 5.74) is 7.52. The van der Waals surface area contributed by atoms with Crippen LogP contribution in [0.1, 0.15) is 55.0 Å². The fourth-order valence-corrected chi connectivity index (χ4v) is 6.17. The molecule has 4 aromatic rings. The highest BCUT2D eigenvalue weighted by atomic mass is 32.1. The molecule has 1 aliphatic heterocycles. The highest BCUT2D eigenvalue weighted by Gasteiger charge is 2.41. The predicted octanol–water partition coefficient (Wildman–Crippen LogP) is 6.34. The van der Waals surface area contributed by atoms with Crippen LogP contribution in [-0.4, -0.2) is 45.1 Å². The number of para-hydroxylation sites is 1. The number of thiocarbonyl (C=S) groups is 1. The van der Waals surface area contributed by atoms with Gasteiger partial charge in [0.2, 0.25) is 5.91 Å². The van der Waals surface area contributed by atoms with E-state index >= 15 is 0 Å². The smallest absolute Gasteiger partial charge is 0.226 e. The Bertz CT molecular complexity index is 1480. The molecule has 0 aliphatic carbocycles. The fraction of sp³-hybridized carbons (Fsp3) is 0.303. The highest BCUT2D eigenvalue weighted by molar-refractivity contribution is 7.80. The molecule has 8 heteroatoms. The number of aryl methyl sites for hydroxylation is 1. The minimum atomic E-state index is -0.139. The van der Waals surface area contributed by atoms with E-state index in [0.717, 1.165) is 41.5 Å². The van der Waals surface area contributed by atoms with Crippen LogP contribution in [-0.2, 0) is 4.79 Å². The summed E-state index contributed by atoms with van der Waals surface area (Å²) in [7, 11) is 0. The summed E-state index contributed by atoms with van der Waals surface area (Å²) < 4.78 is 2.30. The number of carbonyl (C=O) groups excluding carboxylic acids is 1. The predicted molar refractivity (Wildman–Crippen MR) is 171 cm³/mol. The van der Waals surface area contributed by atoms with Crippen LogP contribution in [0.25, 0.3) is 5.69 Å². The van der Waals surface area contributed by atoms with Crippen molar-refractivity contribution >= 4 is 34.6 Å². The summed E-state index contributed by atoms with van der Waals surface area (Å²) in [5, 5.41) is 7.15. The maximum absolute atomic E-state index is 12.9. The van der Waals surface area contributed by atoms with Gasteiger partial charge in [-0.25, -0.2) is 0 Å². The van der Waals surface area contributed by atoms with Crippen LogP contribution in [0.4, 0.5) is 11.4 Å². The molecule has 2 atom stereocenters. The molecule has 212 valence electrons. The van der Waals surface area contributed by atoms with Gasteiger partial charge < -0.3 is 25.0 Å². The molecule has 2 aromatic carbocycles. The van der Waals surface area contributed by atoms with E-state index in [4.69, 9.17) is 12.2 Å². The van der Waals surface area contributed by atoms with Crippen molar-refractivity contribution in [3.8, 4) is 5.69 Å². The number of benzene rings is 2. The summed E-state index contributed by atoms with van der Waals surface area (Å²) in [6, 6.07) is 26.3. The molecule has 0 radical (unpaired) electrons. The van der Waals surface area contributed by atoms with Crippen molar-refractivity contribution in [2.75, 3.05) is 29.9 Å². The second kappa shape index (κ2) is 12.6. The van der Waals surface area contributed by atoms with Crippen molar-refractivity contribution in [1.29, 1.82) is 0 Å². The molecule has 41 heavy (non-hydrogen) atoms. The van der Waals surface area contributed by atoms with Crippen molar-refractivity contribution < 1.29 is 4.79 Å². The van der Waals surface area contributed by atoms with E-state index in [2.05, 4.69) is 88.0 Å². The zero-order chi connectivity index (χ0) is 28.9. The van der Waals surface area contributed by atoms with E-state index in [1.807, 2.05) is 54.7 Å². The molecule has 0 bridgehead atoms.